The molecule has 0 spiro atoms. The van der Waals surface area contributed by atoms with Gasteiger partial charge in [0.05, 0.1) is 23.4 Å². The molecule has 0 aliphatic heterocycles. The van der Waals surface area contributed by atoms with Gasteiger partial charge in [-0.15, -0.1) is 0 Å². The average molecular weight is 286 g/mol. The zero-order chi connectivity index (χ0) is 14.6. The summed E-state index contributed by atoms with van der Waals surface area (Å²) in [5.41, 5.74) is -0.289. The third kappa shape index (κ3) is 4.44. The summed E-state index contributed by atoms with van der Waals surface area (Å²) < 4.78 is 5.06. The van der Waals surface area contributed by atoms with Gasteiger partial charge < -0.3 is 10.1 Å². The van der Waals surface area contributed by atoms with Crippen LogP contribution in [0, 0.1) is 0 Å². The number of rotatable bonds is 5. The molecule has 0 unspecified atom stereocenters. The van der Waals surface area contributed by atoms with Crippen molar-refractivity contribution in [2.24, 2.45) is 0 Å². The molecule has 1 aromatic heterocycles. The smallest absolute Gasteiger partial charge is 0.272 e. The number of nitrogens with zero attached hydrogens (tertiary/aromatic N) is 2. The van der Waals surface area contributed by atoms with Crippen LogP contribution in [0.4, 0.5) is 0 Å². The standard InChI is InChI=1S/C13H20ClN3O2/c1-8(2)11-15-6-9(14)10(16-11)12(18)17-13(3,4)7-19-5/h6,8H,7H2,1-5H3,(H,17,18). The normalized spacial score (nSPS) is 11.7. The van der Waals surface area contributed by atoms with Crippen molar-refractivity contribution in [3.8, 4) is 0 Å². The van der Waals surface area contributed by atoms with Crippen LogP contribution >= 0.6 is 11.6 Å². The minimum atomic E-state index is -0.488. The Bertz CT molecular complexity index is 461. The van der Waals surface area contributed by atoms with Gasteiger partial charge in [0.25, 0.3) is 5.91 Å². The number of hydrogen-bond acceptors (Lipinski definition) is 4. The zero-order valence-electron chi connectivity index (χ0n) is 12.0. The summed E-state index contributed by atoms with van der Waals surface area (Å²) in [4.78, 5) is 20.5. The van der Waals surface area contributed by atoms with Gasteiger partial charge >= 0.3 is 0 Å². The highest BCUT2D eigenvalue weighted by Gasteiger charge is 2.24. The van der Waals surface area contributed by atoms with Gasteiger partial charge in [-0.25, -0.2) is 9.97 Å². The Morgan fingerprint density at radius 2 is 2.16 bits per heavy atom. The Morgan fingerprint density at radius 1 is 1.53 bits per heavy atom. The van der Waals surface area contributed by atoms with E-state index in [0.717, 1.165) is 0 Å². The van der Waals surface area contributed by atoms with E-state index in [9.17, 15) is 4.79 Å². The molecule has 0 aromatic carbocycles. The molecule has 1 aromatic rings. The monoisotopic (exact) mass is 285 g/mol. The third-order valence-corrected chi connectivity index (χ3v) is 2.73. The second kappa shape index (κ2) is 6.30. The number of amides is 1. The number of ether oxygens (including phenoxy) is 1. The lowest BCUT2D eigenvalue weighted by Gasteiger charge is -2.25. The number of nitrogens with one attached hydrogen (secondary N) is 1. The maximum absolute atomic E-state index is 12.2. The topological polar surface area (TPSA) is 64.1 Å². The molecule has 1 amide bonds. The van der Waals surface area contributed by atoms with Crippen LogP contribution in [0.25, 0.3) is 0 Å². The molecule has 1 rings (SSSR count). The average Bonchev–Trinajstić information content (AvgIpc) is 2.28. The first kappa shape index (κ1) is 15.9. The van der Waals surface area contributed by atoms with Gasteiger partial charge in [0, 0.05) is 13.0 Å². The Kier molecular flexibility index (Phi) is 5.26. The lowest BCUT2D eigenvalue weighted by atomic mass is 10.1. The van der Waals surface area contributed by atoms with Crippen molar-refractivity contribution in [2.45, 2.75) is 39.2 Å². The first-order chi connectivity index (χ1) is 8.76. The van der Waals surface area contributed by atoms with Crippen LogP contribution in [0.1, 0.15) is 49.9 Å². The summed E-state index contributed by atoms with van der Waals surface area (Å²) in [6.07, 6.45) is 1.46. The molecule has 1 N–H and O–H groups in total. The van der Waals surface area contributed by atoms with Gasteiger partial charge in [-0.3, -0.25) is 4.79 Å². The number of carbonyl (C=O) groups is 1. The van der Waals surface area contributed by atoms with E-state index in [0.29, 0.717) is 12.4 Å². The minimum Gasteiger partial charge on any atom is -0.382 e. The lowest BCUT2D eigenvalue weighted by molar-refractivity contribution is 0.0815. The molecule has 0 saturated heterocycles. The Balaban J connectivity index is 2.96. The van der Waals surface area contributed by atoms with Crippen LogP contribution in [-0.4, -0.2) is 35.1 Å². The largest absolute Gasteiger partial charge is 0.382 e. The molecule has 0 radical (unpaired) electrons. The number of methoxy groups -OCH3 is 1. The molecule has 0 bridgehead atoms. The summed E-state index contributed by atoms with van der Waals surface area (Å²) in [6.45, 7) is 8.05. The Morgan fingerprint density at radius 3 is 2.68 bits per heavy atom. The van der Waals surface area contributed by atoms with Crippen LogP contribution in [0.3, 0.4) is 0 Å². The van der Waals surface area contributed by atoms with Crippen LogP contribution < -0.4 is 5.32 Å². The van der Waals surface area contributed by atoms with Crippen molar-refractivity contribution >= 4 is 17.5 Å². The first-order valence-electron chi connectivity index (χ1n) is 6.10. The molecule has 19 heavy (non-hydrogen) atoms. The van der Waals surface area contributed by atoms with E-state index in [1.165, 1.54) is 6.20 Å². The molecular formula is C13H20ClN3O2. The fourth-order valence-electron chi connectivity index (χ4n) is 1.58. The molecule has 5 nitrogen and oxygen atoms in total. The fraction of sp³-hybridized carbons (Fsp3) is 0.615. The molecule has 106 valence electrons. The summed E-state index contributed by atoms with van der Waals surface area (Å²) in [5.74, 6) is 0.409. The second-order valence-electron chi connectivity index (χ2n) is 5.35. The summed E-state index contributed by atoms with van der Waals surface area (Å²) in [6, 6.07) is 0. The van der Waals surface area contributed by atoms with Crippen molar-refractivity contribution in [2.75, 3.05) is 13.7 Å². The Hall–Kier alpha value is -1.20. The first-order valence-corrected chi connectivity index (χ1v) is 6.48. The van der Waals surface area contributed by atoms with Crippen LogP contribution in [-0.2, 0) is 4.74 Å². The minimum absolute atomic E-state index is 0.135. The van der Waals surface area contributed by atoms with Gasteiger partial charge in [-0.2, -0.15) is 0 Å². The van der Waals surface area contributed by atoms with Gasteiger partial charge in [0.2, 0.25) is 0 Å². The van der Waals surface area contributed by atoms with Crippen molar-refractivity contribution in [3.63, 3.8) is 0 Å². The molecule has 0 saturated carbocycles. The second-order valence-corrected chi connectivity index (χ2v) is 5.76. The van der Waals surface area contributed by atoms with Gasteiger partial charge in [0.15, 0.2) is 0 Å². The number of hydrogen-bond donors (Lipinski definition) is 1. The van der Waals surface area contributed by atoms with Gasteiger partial charge in [0.1, 0.15) is 11.5 Å². The summed E-state index contributed by atoms with van der Waals surface area (Å²) in [7, 11) is 1.59. The van der Waals surface area contributed by atoms with E-state index >= 15 is 0 Å². The highest BCUT2D eigenvalue weighted by Crippen LogP contribution is 2.17. The lowest BCUT2D eigenvalue weighted by Crippen LogP contribution is -2.47. The molecule has 0 atom stereocenters. The molecule has 0 aliphatic carbocycles. The van der Waals surface area contributed by atoms with E-state index < -0.39 is 5.54 Å². The summed E-state index contributed by atoms with van der Waals surface area (Å²) in [5, 5.41) is 3.09. The maximum Gasteiger partial charge on any atom is 0.272 e. The van der Waals surface area contributed by atoms with E-state index in [1.54, 1.807) is 7.11 Å². The zero-order valence-corrected chi connectivity index (χ0v) is 12.7. The predicted octanol–water partition coefficient (Wildman–Crippen LogP) is 2.41. The molecular weight excluding hydrogens is 266 g/mol. The van der Waals surface area contributed by atoms with Crippen LogP contribution in [0.2, 0.25) is 5.02 Å². The van der Waals surface area contributed by atoms with E-state index in [2.05, 4.69) is 15.3 Å². The van der Waals surface area contributed by atoms with Gasteiger partial charge in [-0.05, 0) is 13.8 Å². The van der Waals surface area contributed by atoms with Crippen LogP contribution in [0.5, 0.6) is 0 Å². The number of carbonyl (C=O) groups excluding carboxylic acids is 1. The highest BCUT2D eigenvalue weighted by atomic mass is 35.5. The van der Waals surface area contributed by atoms with Crippen LogP contribution in [0.15, 0.2) is 6.20 Å². The fourth-order valence-corrected chi connectivity index (χ4v) is 1.76. The number of halogens is 1. The molecule has 6 heteroatoms. The molecule has 1 heterocycles. The SMILES string of the molecule is COCC(C)(C)NC(=O)c1nc(C(C)C)ncc1Cl. The van der Waals surface area contributed by atoms with Crippen molar-refractivity contribution in [3.05, 3.63) is 22.7 Å². The highest BCUT2D eigenvalue weighted by molar-refractivity contribution is 6.33. The maximum atomic E-state index is 12.2. The Labute approximate surface area is 118 Å². The van der Waals surface area contributed by atoms with Crippen molar-refractivity contribution < 1.29 is 9.53 Å². The third-order valence-electron chi connectivity index (χ3n) is 2.45. The van der Waals surface area contributed by atoms with Gasteiger partial charge in [-0.1, -0.05) is 25.4 Å². The predicted molar refractivity (Wildman–Crippen MR) is 74.6 cm³/mol. The molecule has 0 aliphatic rings. The van der Waals surface area contributed by atoms with Crippen molar-refractivity contribution in [1.82, 2.24) is 15.3 Å². The quantitative estimate of drug-likeness (QED) is 0.902. The molecule has 0 fully saturated rings. The summed E-state index contributed by atoms with van der Waals surface area (Å²) >= 11 is 5.98. The van der Waals surface area contributed by atoms with E-state index in [-0.39, 0.29) is 22.5 Å². The van der Waals surface area contributed by atoms with Crippen molar-refractivity contribution in [1.29, 1.82) is 0 Å². The number of aromatic nitrogens is 2. The van der Waals surface area contributed by atoms with E-state index in [1.807, 2.05) is 27.7 Å². The van der Waals surface area contributed by atoms with E-state index in [4.69, 9.17) is 16.3 Å².